The zero-order chi connectivity index (χ0) is 41.3. The van der Waals surface area contributed by atoms with Crippen LogP contribution < -0.4 is 15.4 Å². The van der Waals surface area contributed by atoms with Crippen molar-refractivity contribution < 1.29 is 35.9 Å². The van der Waals surface area contributed by atoms with Crippen molar-refractivity contribution in [2.45, 2.75) is 103 Å². The van der Waals surface area contributed by atoms with Gasteiger partial charge in [0.15, 0.2) is 11.6 Å². The lowest BCUT2D eigenvalue weighted by atomic mass is 9.91. The summed E-state index contributed by atoms with van der Waals surface area (Å²) in [7, 11) is 0. The van der Waals surface area contributed by atoms with Crippen LogP contribution in [0.1, 0.15) is 91.2 Å². The Morgan fingerprint density at radius 3 is 2.52 bits per heavy atom. The van der Waals surface area contributed by atoms with Gasteiger partial charge in [0.2, 0.25) is 5.63 Å². The van der Waals surface area contributed by atoms with Crippen LogP contribution in [0.5, 0.6) is 6.01 Å². The van der Waals surface area contributed by atoms with Crippen LogP contribution in [-0.4, -0.2) is 64.1 Å². The number of nitriles is 1. The number of nitrogens with two attached hydrogens (primary N) is 1. The fraction of sp³-hybridized carbons (Fsp3) is 0.550. The van der Waals surface area contributed by atoms with Crippen molar-refractivity contribution >= 4 is 60.5 Å². The van der Waals surface area contributed by atoms with Gasteiger partial charge in [0.25, 0.3) is 0 Å². The molecule has 2 saturated heterocycles. The number of ketones is 1. The lowest BCUT2D eigenvalue weighted by Crippen LogP contribution is -2.43. The van der Waals surface area contributed by atoms with E-state index >= 15 is 17.6 Å². The second kappa shape index (κ2) is 17.3. The predicted octanol–water partition coefficient (Wildman–Crippen LogP) is 10.7. The molecule has 0 bridgehead atoms. The number of nitrogen functional groups attached to an aromatic ring is 1. The maximum absolute atomic E-state index is 17.2. The molecular weight excluding hydrogens is 778 g/mol. The minimum atomic E-state index is -5.03. The number of nitrogens with zero attached hydrogens (tertiary/aromatic N) is 5. The Morgan fingerprint density at radius 2 is 1.93 bits per heavy atom. The fourth-order valence-corrected chi connectivity index (χ4v) is 9.13. The first kappa shape index (κ1) is 43.3. The number of alkyl halides is 5. The van der Waals surface area contributed by atoms with Crippen molar-refractivity contribution in [2.24, 2.45) is 11.8 Å². The molecule has 56 heavy (non-hydrogen) atoms. The van der Waals surface area contributed by atoms with E-state index in [1.54, 1.807) is 0 Å². The van der Waals surface area contributed by atoms with E-state index in [1.807, 2.05) is 24.8 Å². The van der Waals surface area contributed by atoms with E-state index in [4.69, 9.17) is 15.5 Å². The number of benzene rings is 2. The largest absolute Gasteiger partial charge is 0.461 e. The van der Waals surface area contributed by atoms with Gasteiger partial charge in [-0.2, -0.15) is 28.4 Å². The molecule has 0 spiro atoms. The summed E-state index contributed by atoms with van der Waals surface area (Å²) in [6, 6.07) is 4.59. The highest BCUT2D eigenvalue weighted by Gasteiger charge is 2.48. The van der Waals surface area contributed by atoms with Crippen molar-refractivity contribution in [3.05, 3.63) is 41.0 Å². The number of fused-ring (bicyclic) bond motifs is 3. The molecule has 0 radical (unpaired) electrons. The van der Waals surface area contributed by atoms with E-state index in [1.165, 1.54) is 0 Å². The quantitative estimate of drug-likeness (QED) is 0.111. The Kier molecular flexibility index (Phi) is 13.4. The lowest BCUT2D eigenvalue weighted by Gasteiger charge is -2.34. The summed E-state index contributed by atoms with van der Waals surface area (Å²) in [6.07, 6.45) is 0.196. The highest BCUT2D eigenvalue weighted by molar-refractivity contribution is 7.23. The first-order valence-corrected chi connectivity index (χ1v) is 20.1. The monoisotopic (exact) mass is 824 g/mol. The van der Waals surface area contributed by atoms with Crippen molar-refractivity contribution in [1.29, 1.82) is 5.26 Å². The molecule has 0 saturated carbocycles. The molecule has 8 nitrogen and oxygen atoms in total. The average molecular weight is 825 g/mol. The minimum absolute atomic E-state index is 0.0731. The van der Waals surface area contributed by atoms with Crippen LogP contribution in [0.4, 0.5) is 37.2 Å². The third kappa shape index (κ3) is 8.67. The summed E-state index contributed by atoms with van der Waals surface area (Å²) in [4.78, 5) is 23.2. The Hall–Kier alpha value is -3.87. The van der Waals surface area contributed by atoms with Crippen molar-refractivity contribution in [1.82, 2.24) is 14.9 Å². The molecule has 6 rings (SSSR count). The van der Waals surface area contributed by atoms with E-state index in [9.17, 15) is 18.8 Å². The number of ether oxygens (including phenoxy) is 1. The maximum Gasteiger partial charge on any atom is 0.417 e. The summed E-state index contributed by atoms with van der Waals surface area (Å²) in [5.41, 5.74) is 1.02. The zero-order valence-electron chi connectivity index (χ0n) is 32.3. The van der Waals surface area contributed by atoms with Crippen LogP contribution in [0.25, 0.3) is 32.1 Å². The summed E-state index contributed by atoms with van der Waals surface area (Å²) >= 11 is 5.33. The van der Waals surface area contributed by atoms with Crippen LogP contribution in [0.15, 0.2) is 18.2 Å². The highest BCUT2D eigenvalue weighted by Crippen LogP contribution is 2.48. The smallest absolute Gasteiger partial charge is 0.417 e. The van der Waals surface area contributed by atoms with Gasteiger partial charge in [-0.25, -0.2) is 13.2 Å². The Labute approximate surface area is 332 Å². The van der Waals surface area contributed by atoms with Gasteiger partial charge in [0.05, 0.1) is 21.4 Å². The van der Waals surface area contributed by atoms with Crippen molar-refractivity contribution in [3.63, 3.8) is 0 Å². The second-order valence-electron chi connectivity index (χ2n) is 15.2. The normalized spacial score (nSPS) is 19.5. The summed E-state index contributed by atoms with van der Waals surface area (Å²) in [5, 5.41) is 9.53. The average Bonchev–Trinajstić information content (AvgIpc) is 3.78. The van der Waals surface area contributed by atoms with Crippen molar-refractivity contribution in [3.8, 4) is 23.2 Å². The third-order valence-corrected chi connectivity index (χ3v) is 12.1. The number of hydrogen-bond donors (Lipinski definition) is 1. The molecule has 16 heteroatoms. The number of Topliss-reactive ketones (excluding diaryl/α,β-unsaturated/α-hetero) is 1. The van der Waals surface area contributed by atoms with Crippen molar-refractivity contribution in [2.75, 3.05) is 36.9 Å². The molecule has 2 aromatic carbocycles. The highest BCUT2D eigenvalue weighted by atomic mass is 35.5. The van der Waals surface area contributed by atoms with Crippen LogP contribution in [0.3, 0.4) is 0 Å². The molecular formula is C40H47ClF6N6O2S. The number of halogens is 7. The molecule has 2 aromatic heterocycles. The van der Waals surface area contributed by atoms with Gasteiger partial charge >= 0.3 is 12.2 Å². The SMILES string of the molecule is CC(=O)C(F)Cl.CCC(CCC(C)C)N(CC)c1nc(OCC23CCCN2CC(C)C3)nc2c(F)c(-c3ccc(F)c4sc(N)c(C#N)c34)c(C(F)(F)F)cc12. The molecule has 4 atom stereocenters. The lowest BCUT2D eigenvalue weighted by molar-refractivity contribution is -0.137. The third-order valence-electron chi connectivity index (χ3n) is 10.8. The number of carbonyl (C=O) groups is 1. The molecule has 304 valence electrons. The van der Waals surface area contributed by atoms with E-state index in [0.717, 1.165) is 81.7 Å². The van der Waals surface area contributed by atoms with Gasteiger partial charge in [-0.15, -0.1) is 11.3 Å². The minimum Gasteiger partial charge on any atom is -0.461 e. The van der Waals surface area contributed by atoms with E-state index in [2.05, 4.69) is 42.3 Å². The molecule has 2 fully saturated rings. The topological polar surface area (TPSA) is 108 Å². The van der Waals surface area contributed by atoms with Gasteiger partial charge in [-0.3, -0.25) is 9.69 Å². The van der Waals surface area contributed by atoms with Crippen LogP contribution >= 0.6 is 22.9 Å². The Morgan fingerprint density at radius 1 is 1.23 bits per heavy atom. The second-order valence-corrected chi connectivity index (χ2v) is 16.6. The predicted molar refractivity (Wildman–Crippen MR) is 210 cm³/mol. The van der Waals surface area contributed by atoms with E-state index in [0.29, 0.717) is 24.8 Å². The molecule has 4 unspecified atom stereocenters. The molecule has 2 aliphatic heterocycles. The van der Waals surface area contributed by atoms with Crippen LogP contribution in [0, 0.1) is 34.8 Å². The number of rotatable bonds is 12. The van der Waals surface area contributed by atoms with Gasteiger partial charge in [0, 0.05) is 35.5 Å². The van der Waals surface area contributed by atoms with Gasteiger partial charge in [-0.05, 0) is 88.4 Å². The zero-order valence-corrected chi connectivity index (χ0v) is 33.9. The van der Waals surface area contributed by atoms with E-state index in [-0.39, 0.29) is 67.1 Å². The van der Waals surface area contributed by atoms with E-state index < -0.39 is 40.4 Å². The number of aromatic nitrogens is 2. The molecule has 4 heterocycles. The maximum atomic E-state index is 17.2. The standard InChI is InChI=1S/C37H43F5N6OS.C3H4ClFO/c1-6-22(10-9-20(3)4)48(7-2)34-24-15-26(37(40,41)42)29(23-11-12-27(38)32-28(23)25(17-43)33(44)50-32)30(39)31(24)45-35(46-34)49-19-36-13-8-14-47(36)18-21(5)16-36;1-2(6)3(4)5/h11-12,15,20-22H,6-10,13-14,16,18-19,44H2,1-5H3;3H,1H3. The van der Waals surface area contributed by atoms with Gasteiger partial charge < -0.3 is 15.4 Å². The number of anilines is 2. The summed E-state index contributed by atoms with van der Waals surface area (Å²) < 4.78 is 94.8. The molecule has 2 N–H and O–H groups in total. The van der Waals surface area contributed by atoms with Gasteiger partial charge in [-0.1, -0.05) is 45.4 Å². The first-order valence-electron chi connectivity index (χ1n) is 18.8. The van der Waals surface area contributed by atoms with Crippen LogP contribution in [-0.2, 0) is 11.0 Å². The molecule has 0 aliphatic carbocycles. The fourth-order valence-electron chi connectivity index (χ4n) is 8.18. The van der Waals surface area contributed by atoms with Crippen LogP contribution in [0.2, 0.25) is 0 Å². The number of hydrogen-bond acceptors (Lipinski definition) is 9. The molecule has 2 aliphatic rings. The Balaban J connectivity index is 0.000000927. The molecule has 0 amide bonds. The van der Waals surface area contributed by atoms with Gasteiger partial charge in [0.1, 0.15) is 34.8 Å². The summed E-state index contributed by atoms with van der Waals surface area (Å²) in [6.45, 7) is 14.0. The number of carbonyl (C=O) groups excluding carboxylic acids is 1. The first-order chi connectivity index (χ1) is 26.4. The summed E-state index contributed by atoms with van der Waals surface area (Å²) in [5.74, 6) is -1.62. The Bertz CT molecular complexity index is 2120. The number of thiophene rings is 1. The molecule has 4 aromatic rings.